The zero-order valence-electron chi connectivity index (χ0n) is 15.7. The maximum absolute atomic E-state index is 12.1. The van der Waals surface area contributed by atoms with Crippen LogP contribution in [0.15, 0.2) is 40.9 Å². The van der Waals surface area contributed by atoms with Crippen molar-refractivity contribution in [1.29, 1.82) is 0 Å². The third kappa shape index (κ3) is 6.86. The third-order valence-electron chi connectivity index (χ3n) is 3.78. The molecule has 0 spiro atoms. The van der Waals surface area contributed by atoms with E-state index in [0.29, 0.717) is 24.6 Å². The highest BCUT2D eigenvalue weighted by atomic mass is 79.9. The molecule has 0 aliphatic rings. The van der Waals surface area contributed by atoms with Gasteiger partial charge in [0.15, 0.2) is 18.1 Å². The molecule has 0 aromatic heterocycles. The zero-order valence-corrected chi connectivity index (χ0v) is 17.3. The van der Waals surface area contributed by atoms with Gasteiger partial charge in [-0.25, -0.2) is 0 Å². The molecule has 27 heavy (non-hydrogen) atoms. The molecule has 0 aliphatic heterocycles. The average molecular weight is 437 g/mol. The highest BCUT2D eigenvalue weighted by molar-refractivity contribution is 9.10. The Balaban J connectivity index is 1.97. The molecule has 0 fully saturated rings. The Bertz CT molecular complexity index is 763. The quantitative estimate of drug-likeness (QED) is 0.562. The molecule has 3 N–H and O–H groups in total. The topological polar surface area (TPSA) is 79.8 Å². The Morgan fingerprint density at radius 1 is 1.22 bits per heavy atom. The van der Waals surface area contributed by atoms with Crippen LogP contribution in [-0.2, 0) is 11.3 Å². The van der Waals surface area contributed by atoms with Crippen molar-refractivity contribution >= 4 is 27.5 Å². The monoisotopic (exact) mass is 436 g/mol. The normalized spacial score (nSPS) is 11.7. The Labute approximate surface area is 168 Å². The number of rotatable bonds is 9. The number of carbonyl (C=O) groups is 1. The summed E-state index contributed by atoms with van der Waals surface area (Å²) in [5, 5.41) is 15.3. The summed E-state index contributed by atoms with van der Waals surface area (Å²) in [6.07, 6.45) is -0.416. The molecule has 0 radical (unpaired) electrons. The first-order valence-electron chi connectivity index (χ1n) is 8.63. The van der Waals surface area contributed by atoms with Gasteiger partial charge in [-0.2, -0.15) is 0 Å². The van der Waals surface area contributed by atoms with Gasteiger partial charge in [-0.15, -0.1) is 0 Å². The van der Waals surface area contributed by atoms with Gasteiger partial charge in [0.2, 0.25) is 0 Å². The first-order valence-corrected chi connectivity index (χ1v) is 9.43. The molecule has 0 saturated carbocycles. The summed E-state index contributed by atoms with van der Waals surface area (Å²) in [5.74, 6) is 0.762. The minimum absolute atomic E-state index is 0.129. The molecule has 2 aromatic rings. The van der Waals surface area contributed by atoms with Crippen molar-refractivity contribution in [1.82, 2.24) is 5.32 Å². The van der Waals surface area contributed by atoms with Gasteiger partial charge in [0.05, 0.1) is 13.2 Å². The Hall–Kier alpha value is -2.09. The van der Waals surface area contributed by atoms with Crippen molar-refractivity contribution in [2.75, 3.05) is 25.6 Å². The largest absolute Gasteiger partial charge is 0.493 e. The van der Waals surface area contributed by atoms with E-state index in [1.807, 2.05) is 37.3 Å². The number of halogens is 1. The molecule has 2 aromatic carbocycles. The van der Waals surface area contributed by atoms with Gasteiger partial charge >= 0.3 is 0 Å². The molecule has 1 amide bonds. The second-order valence-electron chi connectivity index (χ2n) is 6.28. The van der Waals surface area contributed by atoms with Gasteiger partial charge in [0.1, 0.15) is 0 Å². The Morgan fingerprint density at radius 3 is 2.56 bits per heavy atom. The standard InChI is InChI=1S/C20H25BrN2O4/c1-13-4-6-16(7-5-13)23-20(25)12-27-19-9-17(21)15(8-18(19)26-3)11-22-10-14(2)24/h4-9,14,22,24H,10-12H2,1-3H3,(H,23,25). The van der Waals surface area contributed by atoms with Crippen molar-refractivity contribution in [3.63, 3.8) is 0 Å². The summed E-state index contributed by atoms with van der Waals surface area (Å²) in [5.41, 5.74) is 2.81. The number of ether oxygens (including phenoxy) is 2. The SMILES string of the molecule is COc1cc(CNCC(C)O)c(Br)cc1OCC(=O)Nc1ccc(C)cc1. The zero-order chi connectivity index (χ0) is 19.8. The molecule has 2 rings (SSSR count). The van der Waals surface area contributed by atoms with Crippen molar-refractivity contribution < 1.29 is 19.4 Å². The summed E-state index contributed by atoms with van der Waals surface area (Å²) >= 11 is 3.51. The average Bonchev–Trinajstić information content (AvgIpc) is 2.63. The molecule has 0 aliphatic carbocycles. The van der Waals surface area contributed by atoms with Crippen LogP contribution >= 0.6 is 15.9 Å². The highest BCUT2D eigenvalue weighted by Gasteiger charge is 2.12. The molecule has 0 saturated heterocycles. The lowest BCUT2D eigenvalue weighted by Gasteiger charge is -2.15. The first-order chi connectivity index (χ1) is 12.9. The number of aliphatic hydroxyl groups is 1. The van der Waals surface area contributed by atoms with Gasteiger partial charge < -0.3 is 25.2 Å². The maximum atomic E-state index is 12.1. The number of methoxy groups -OCH3 is 1. The second-order valence-corrected chi connectivity index (χ2v) is 7.13. The number of hydrogen-bond acceptors (Lipinski definition) is 5. The second kappa shape index (κ2) is 10.3. The Morgan fingerprint density at radius 2 is 1.93 bits per heavy atom. The van der Waals surface area contributed by atoms with Gasteiger partial charge in [0.25, 0.3) is 5.91 Å². The van der Waals surface area contributed by atoms with E-state index >= 15 is 0 Å². The van der Waals surface area contributed by atoms with Crippen LogP contribution in [-0.4, -0.2) is 37.4 Å². The molecule has 1 unspecified atom stereocenters. The van der Waals surface area contributed by atoms with Crippen LogP contribution in [0.5, 0.6) is 11.5 Å². The molecule has 146 valence electrons. The fraction of sp³-hybridized carbons (Fsp3) is 0.350. The molecule has 0 bridgehead atoms. The molecule has 7 heteroatoms. The first kappa shape index (κ1) is 21.2. The van der Waals surface area contributed by atoms with Crippen LogP contribution in [0.4, 0.5) is 5.69 Å². The van der Waals surface area contributed by atoms with Crippen LogP contribution in [0.25, 0.3) is 0 Å². The minimum Gasteiger partial charge on any atom is -0.493 e. The van der Waals surface area contributed by atoms with E-state index in [2.05, 4.69) is 26.6 Å². The minimum atomic E-state index is -0.416. The molecular formula is C20H25BrN2O4. The van der Waals surface area contributed by atoms with Crippen LogP contribution in [0, 0.1) is 6.92 Å². The van der Waals surface area contributed by atoms with Gasteiger partial charge in [-0.3, -0.25) is 4.79 Å². The van der Waals surface area contributed by atoms with E-state index < -0.39 is 6.10 Å². The summed E-state index contributed by atoms with van der Waals surface area (Å²) in [6, 6.07) is 11.2. The summed E-state index contributed by atoms with van der Waals surface area (Å²) in [6.45, 7) is 4.64. The molecule has 0 heterocycles. The van der Waals surface area contributed by atoms with Gasteiger partial charge in [-0.1, -0.05) is 33.6 Å². The number of amides is 1. The number of hydrogen-bond donors (Lipinski definition) is 3. The van der Waals surface area contributed by atoms with E-state index in [1.165, 1.54) is 0 Å². The van der Waals surface area contributed by atoms with E-state index in [4.69, 9.17) is 9.47 Å². The lowest BCUT2D eigenvalue weighted by atomic mass is 10.2. The lowest BCUT2D eigenvalue weighted by Crippen LogP contribution is -2.24. The molecule has 1 atom stereocenters. The summed E-state index contributed by atoms with van der Waals surface area (Å²) in [4.78, 5) is 12.1. The molecule has 6 nitrogen and oxygen atoms in total. The number of aryl methyl sites for hydroxylation is 1. The maximum Gasteiger partial charge on any atom is 0.262 e. The lowest BCUT2D eigenvalue weighted by molar-refractivity contribution is -0.118. The predicted molar refractivity (Wildman–Crippen MR) is 109 cm³/mol. The highest BCUT2D eigenvalue weighted by Crippen LogP contribution is 2.33. The molecular weight excluding hydrogens is 412 g/mol. The van der Waals surface area contributed by atoms with Crippen molar-refractivity contribution in [3.8, 4) is 11.5 Å². The number of benzene rings is 2. The summed E-state index contributed by atoms with van der Waals surface area (Å²) in [7, 11) is 1.55. The van der Waals surface area contributed by atoms with E-state index in [1.54, 1.807) is 20.1 Å². The van der Waals surface area contributed by atoms with Crippen molar-refractivity contribution in [2.24, 2.45) is 0 Å². The summed E-state index contributed by atoms with van der Waals surface area (Å²) < 4.78 is 11.8. The third-order valence-corrected chi connectivity index (χ3v) is 4.52. The van der Waals surface area contributed by atoms with Crippen molar-refractivity contribution in [3.05, 3.63) is 52.0 Å². The van der Waals surface area contributed by atoms with Gasteiger partial charge in [-0.05, 0) is 43.7 Å². The van der Waals surface area contributed by atoms with Crippen LogP contribution in [0.2, 0.25) is 0 Å². The number of anilines is 1. The fourth-order valence-electron chi connectivity index (χ4n) is 2.38. The van der Waals surface area contributed by atoms with E-state index in [9.17, 15) is 9.90 Å². The number of carbonyl (C=O) groups excluding carboxylic acids is 1. The number of aliphatic hydroxyl groups excluding tert-OH is 1. The van der Waals surface area contributed by atoms with Crippen LogP contribution in [0.1, 0.15) is 18.1 Å². The van der Waals surface area contributed by atoms with Crippen molar-refractivity contribution in [2.45, 2.75) is 26.5 Å². The van der Waals surface area contributed by atoms with Gasteiger partial charge in [0, 0.05) is 23.2 Å². The van der Waals surface area contributed by atoms with Crippen LogP contribution in [0.3, 0.4) is 0 Å². The van der Waals surface area contributed by atoms with E-state index in [-0.39, 0.29) is 12.5 Å². The predicted octanol–water partition coefficient (Wildman–Crippen LogP) is 3.25. The Kier molecular flexibility index (Phi) is 8.09. The van der Waals surface area contributed by atoms with E-state index in [0.717, 1.165) is 21.3 Å². The smallest absolute Gasteiger partial charge is 0.262 e. The fourth-order valence-corrected chi connectivity index (χ4v) is 2.84. The number of nitrogens with one attached hydrogen (secondary N) is 2. The van der Waals surface area contributed by atoms with Crippen LogP contribution < -0.4 is 20.1 Å².